The van der Waals surface area contributed by atoms with E-state index in [4.69, 9.17) is 0 Å². The second-order valence-corrected chi connectivity index (χ2v) is 0. The van der Waals surface area contributed by atoms with E-state index < -0.39 is 0 Å². The molecule has 0 saturated carbocycles. The largest absolute Gasteiger partial charge is 0.147 e. The van der Waals surface area contributed by atoms with E-state index in [1.807, 2.05) is 0 Å². The normalized spacial score (nSPS) is 0. The molecule has 21 valence electrons. The van der Waals surface area contributed by atoms with Crippen molar-refractivity contribution in [3.8, 4) is 0 Å². The third-order valence-corrected chi connectivity index (χ3v) is 0. The summed E-state index contributed by atoms with van der Waals surface area (Å²) in [6.07, 6.45) is 0. The minimum Gasteiger partial charge on any atom is -0.147 e. The van der Waals surface area contributed by atoms with Crippen molar-refractivity contribution in [1.82, 2.24) is 0 Å². The molecule has 0 aromatic carbocycles. The van der Waals surface area contributed by atoms with Crippen molar-refractivity contribution in [3.63, 3.8) is 0 Å². The molecule has 0 aliphatic carbocycles. The average Bonchev–Trinajstić information content (AvgIpc) is 0. The Hall–Kier alpha value is 1.86. The zero-order chi connectivity index (χ0) is 0. The van der Waals surface area contributed by atoms with Gasteiger partial charge in [0.2, 0.25) is 0 Å². The van der Waals surface area contributed by atoms with E-state index in [1.165, 1.54) is 0 Å². The van der Waals surface area contributed by atoms with Crippen LogP contribution < -0.4 is 0 Å². The Morgan fingerprint density at radius 2 is 0.600 bits per heavy atom. The Kier molecular flexibility index (Phi) is 544. The SMILES string of the molecule is Cl.[B].[B].[B].[Ce]. The Balaban J connectivity index is 0. The van der Waals surface area contributed by atoms with Gasteiger partial charge >= 0.3 is 0 Å². The first kappa shape index (κ1) is 68.0. The van der Waals surface area contributed by atoms with Crippen LogP contribution in [0.1, 0.15) is 0 Å². The fourth-order valence-electron chi connectivity index (χ4n) is 0. The van der Waals surface area contributed by atoms with Gasteiger partial charge in [-0.15, -0.1) is 12.4 Å². The van der Waals surface area contributed by atoms with Crippen LogP contribution in [0.25, 0.3) is 0 Å². The van der Waals surface area contributed by atoms with E-state index in [-0.39, 0.29) is 79.4 Å². The number of hydrogen-bond acceptors (Lipinski definition) is 0. The first-order valence-corrected chi connectivity index (χ1v) is 0. The molecule has 5 heavy (non-hydrogen) atoms. The van der Waals surface area contributed by atoms with E-state index in [1.54, 1.807) is 0 Å². The maximum absolute atomic E-state index is 0. The maximum atomic E-state index is 0. The smallest absolute Gasteiger partial charge is 0 e. The molecule has 0 aromatic rings. The number of halogens is 1. The third-order valence-electron chi connectivity index (χ3n) is 0. The van der Waals surface area contributed by atoms with Gasteiger partial charge in [0, 0.05) is 67.0 Å². The van der Waals surface area contributed by atoms with Crippen molar-refractivity contribution in [1.29, 1.82) is 0 Å². The molecule has 0 N–H and O–H groups in total. The molecular formula is HB3CeCl. The molecule has 5 heteroatoms. The summed E-state index contributed by atoms with van der Waals surface area (Å²) >= 11 is 0. The molecule has 0 bridgehead atoms. The second kappa shape index (κ2) is 40.0. The summed E-state index contributed by atoms with van der Waals surface area (Å²) in [5.74, 6) is 0. The second-order valence-electron chi connectivity index (χ2n) is 0. The zero-order valence-corrected chi connectivity index (χ0v) is 6.60. The van der Waals surface area contributed by atoms with Crippen molar-refractivity contribution in [2.45, 2.75) is 0 Å². The first-order valence-electron chi connectivity index (χ1n) is 0. The van der Waals surface area contributed by atoms with Crippen molar-refractivity contribution in [2.75, 3.05) is 0 Å². The molecule has 0 atom stereocenters. The van der Waals surface area contributed by atoms with Crippen LogP contribution >= 0.6 is 12.4 Å². The fourth-order valence-corrected chi connectivity index (χ4v) is 0. The third kappa shape index (κ3) is 25.2. The van der Waals surface area contributed by atoms with Gasteiger partial charge in [-0.2, -0.15) is 0 Å². The summed E-state index contributed by atoms with van der Waals surface area (Å²) in [6, 6.07) is 0. The quantitative estimate of drug-likeness (QED) is 0.462. The topological polar surface area (TPSA) is 0 Å². The van der Waals surface area contributed by atoms with Crippen LogP contribution in [0.2, 0.25) is 0 Å². The Morgan fingerprint density at radius 1 is 0.600 bits per heavy atom. The van der Waals surface area contributed by atoms with Crippen molar-refractivity contribution in [2.24, 2.45) is 0 Å². The van der Waals surface area contributed by atoms with Gasteiger partial charge in [-0.25, -0.2) is 0 Å². The molecule has 0 nitrogen and oxygen atoms in total. The number of rotatable bonds is 0. The van der Waals surface area contributed by atoms with Crippen LogP contribution in [-0.2, 0) is 0 Å². The Morgan fingerprint density at radius 3 is 0.600 bits per heavy atom. The van der Waals surface area contributed by atoms with Crippen LogP contribution in [0.3, 0.4) is 0 Å². The van der Waals surface area contributed by atoms with Crippen LogP contribution in [0.15, 0.2) is 0 Å². The van der Waals surface area contributed by atoms with Gasteiger partial charge in [0.1, 0.15) is 0 Å². The van der Waals surface area contributed by atoms with Crippen molar-refractivity contribution < 1.29 is 41.7 Å². The number of hydrogen-bond donors (Lipinski definition) is 0. The molecule has 0 spiro atoms. The monoisotopic (exact) mass is 209 g/mol. The van der Waals surface area contributed by atoms with Crippen molar-refractivity contribution in [3.05, 3.63) is 0 Å². The molecule has 0 amide bonds. The standard InChI is InChI=1S/3B.Ce.ClH/h;;;;1H. The predicted molar refractivity (Wildman–Crippen MR) is 24.5 cm³/mol. The summed E-state index contributed by atoms with van der Waals surface area (Å²) in [6.45, 7) is 0. The summed E-state index contributed by atoms with van der Waals surface area (Å²) in [5.41, 5.74) is 0. The molecule has 0 rings (SSSR count). The molecule has 0 fully saturated rings. The van der Waals surface area contributed by atoms with E-state index in [0.29, 0.717) is 0 Å². The first-order chi connectivity index (χ1) is 0. The predicted octanol–water partition coefficient (Wildman–Crippen LogP) is -0.721. The van der Waals surface area contributed by atoms with E-state index in [2.05, 4.69) is 0 Å². The van der Waals surface area contributed by atoms with Gasteiger partial charge in [-0.1, -0.05) is 0 Å². The van der Waals surface area contributed by atoms with E-state index in [0.717, 1.165) is 0 Å². The van der Waals surface area contributed by atoms with Gasteiger partial charge in [0.25, 0.3) is 0 Å². The van der Waals surface area contributed by atoms with Crippen LogP contribution in [0.5, 0.6) is 0 Å². The maximum Gasteiger partial charge on any atom is 0 e. The molecule has 0 aliphatic rings. The molecule has 0 aromatic heterocycles. The molecule has 0 saturated heterocycles. The molecule has 0 heterocycles. The minimum absolute atomic E-state index is 0. The van der Waals surface area contributed by atoms with Crippen molar-refractivity contribution >= 4 is 37.6 Å². The van der Waals surface area contributed by atoms with Gasteiger partial charge in [0.05, 0.1) is 0 Å². The molecule has 0 unspecified atom stereocenters. The molecule has 0 aliphatic heterocycles. The van der Waals surface area contributed by atoms with Gasteiger partial charge in [-0.3, -0.25) is 0 Å². The van der Waals surface area contributed by atoms with E-state index >= 15 is 0 Å². The minimum atomic E-state index is 0. The summed E-state index contributed by atoms with van der Waals surface area (Å²) in [7, 11) is 0. The Bertz CT molecular complexity index is 6.85. The Labute approximate surface area is 78.4 Å². The van der Waals surface area contributed by atoms with Crippen LogP contribution in [0.4, 0.5) is 0 Å². The van der Waals surface area contributed by atoms with Gasteiger partial charge < -0.3 is 0 Å². The fraction of sp³-hybridized carbons (Fsp3) is 0. The van der Waals surface area contributed by atoms with Crippen LogP contribution in [-0.4, -0.2) is 25.2 Å². The zero-order valence-electron chi connectivity index (χ0n) is 2.64. The average molecular weight is 209 g/mol. The van der Waals surface area contributed by atoms with Crippen LogP contribution in [0, 0.1) is 41.7 Å². The van der Waals surface area contributed by atoms with Gasteiger partial charge in [0.15, 0.2) is 0 Å². The summed E-state index contributed by atoms with van der Waals surface area (Å²) in [5, 5.41) is 0. The van der Waals surface area contributed by atoms with E-state index in [9.17, 15) is 0 Å². The molecule has 9 radical (unpaired) electrons. The summed E-state index contributed by atoms with van der Waals surface area (Å²) < 4.78 is 0. The molecular weight excluding hydrogens is 208 g/mol. The summed E-state index contributed by atoms with van der Waals surface area (Å²) in [4.78, 5) is 0. The van der Waals surface area contributed by atoms with Gasteiger partial charge in [-0.05, 0) is 0 Å².